The lowest BCUT2D eigenvalue weighted by Gasteiger charge is -2.44. The Labute approximate surface area is 95.6 Å². The first kappa shape index (κ1) is 16.2. The van der Waals surface area contributed by atoms with Gasteiger partial charge in [0, 0.05) is 0 Å². The zero-order chi connectivity index (χ0) is 15.5. The molecule has 1 fully saturated rings. The maximum absolute atomic E-state index is 12.8. The molecule has 114 valence electrons. The van der Waals surface area contributed by atoms with E-state index in [9.17, 15) is 48.3 Å². The van der Waals surface area contributed by atoms with Crippen molar-refractivity contribution < 1.29 is 57.8 Å². The van der Waals surface area contributed by atoms with Crippen LogP contribution in [0, 0.1) is 0 Å². The monoisotopic (exact) mass is 314 g/mol. The van der Waals surface area contributed by atoms with Crippen LogP contribution in [0.3, 0.4) is 0 Å². The van der Waals surface area contributed by atoms with E-state index in [1.807, 2.05) is 0 Å². The summed E-state index contributed by atoms with van der Waals surface area (Å²) in [5, 5.41) is 0. The van der Waals surface area contributed by atoms with Crippen LogP contribution in [0.2, 0.25) is 0 Å². The van der Waals surface area contributed by atoms with Crippen molar-refractivity contribution in [1.29, 1.82) is 0 Å². The highest BCUT2D eigenvalue weighted by molar-refractivity contribution is 4.97. The van der Waals surface area contributed by atoms with Crippen molar-refractivity contribution in [2.75, 3.05) is 0 Å². The summed E-state index contributed by atoms with van der Waals surface area (Å²) < 4.78 is 139. The van der Waals surface area contributed by atoms with Gasteiger partial charge in [0.1, 0.15) is 0 Å². The van der Waals surface area contributed by atoms with Crippen LogP contribution in [0.25, 0.3) is 0 Å². The minimum absolute atomic E-state index is 2.06. The molecule has 0 N–H and O–H groups in total. The maximum Gasteiger partial charge on any atom is 0.458 e. The van der Waals surface area contributed by atoms with Crippen molar-refractivity contribution >= 4 is 0 Å². The molecule has 0 bridgehead atoms. The van der Waals surface area contributed by atoms with Crippen LogP contribution in [0.1, 0.15) is 0 Å². The first-order chi connectivity index (χ1) is 8.08. The topological polar surface area (TPSA) is 18.5 Å². The Balaban J connectivity index is 3.28. The number of hydrogen-bond donors (Lipinski definition) is 0. The van der Waals surface area contributed by atoms with Crippen LogP contribution < -0.4 is 0 Å². The van der Waals surface area contributed by atoms with Crippen LogP contribution in [0.15, 0.2) is 0 Å². The highest BCUT2D eigenvalue weighted by Crippen LogP contribution is 2.57. The van der Waals surface area contributed by atoms with E-state index in [1.165, 1.54) is 0 Å². The van der Waals surface area contributed by atoms with E-state index in [4.69, 9.17) is 0 Å². The lowest BCUT2D eigenvalue weighted by Crippen LogP contribution is -2.71. The van der Waals surface area contributed by atoms with E-state index in [0.29, 0.717) is 0 Å². The van der Waals surface area contributed by atoms with Gasteiger partial charge in [-0.2, -0.15) is 43.9 Å². The molecule has 0 saturated carbocycles. The van der Waals surface area contributed by atoms with Crippen LogP contribution >= 0.6 is 0 Å². The lowest BCUT2D eigenvalue weighted by atomic mass is 10.2. The molecule has 1 aliphatic rings. The van der Waals surface area contributed by atoms with Crippen molar-refractivity contribution in [2.24, 2.45) is 0 Å². The van der Waals surface area contributed by atoms with Crippen molar-refractivity contribution in [3.63, 3.8) is 0 Å². The fraction of sp³-hybridized carbons (Fsp3) is 1.00. The minimum Gasteiger partial charge on any atom is -0.291 e. The molecule has 0 aromatic rings. The minimum atomic E-state index is -6.67. The molecule has 1 saturated heterocycles. The van der Waals surface area contributed by atoms with Gasteiger partial charge in [0.15, 0.2) is 0 Å². The third-order valence-corrected chi connectivity index (χ3v) is 1.96. The van der Waals surface area contributed by atoms with Crippen LogP contribution in [0.5, 0.6) is 0 Å². The van der Waals surface area contributed by atoms with Gasteiger partial charge in [-0.1, -0.05) is 0 Å². The third kappa shape index (κ3) is 2.11. The second kappa shape index (κ2) is 3.84. The average Bonchev–Trinajstić information content (AvgIpc) is 2.10. The van der Waals surface area contributed by atoms with Gasteiger partial charge >= 0.3 is 30.2 Å². The zero-order valence-corrected chi connectivity index (χ0v) is 8.05. The Kier molecular flexibility index (Phi) is 3.27. The molecule has 0 spiro atoms. The first-order valence-corrected chi connectivity index (χ1v) is 3.99. The van der Waals surface area contributed by atoms with Crippen LogP contribution in [0.4, 0.5) is 48.3 Å². The van der Waals surface area contributed by atoms with Crippen molar-refractivity contribution in [3.05, 3.63) is 0 Å². The summed E-state index contributed by atoms with van der Waals surface area (Å²) in [6.07, 6.45) is -24.5. The number of rotatable bonds is 0. The number of ether oxygens (including phenoxy) is 2. The summed E-state index contributed by atoms with van der Waals surface area (Å²) in [7, 11) is 0. The summed E-state index contributed by atoms with van der Waals surface area (Å²) in [6, 6.07) is 0. The number of hydrogen-bond acceptors (Lipinski definition) is 2. The number of halogens is 11. The van der Waals surface area contributed by atoms with E-state index >= 15 is 0 Å². The normalized spacial score (nSPS) is 40.3. The van der Waals surface area contributed by atoms with Gasteiger partial charge in [0.25, 0.3) is 6.36 Å². The van der Waals surface area contributed by atoms with E-state index in [2.05, 4.69) is 9.47 Å². The molecule has 2 nitrogen and oxygen atoms in total. The first-order valence-electron chi connectivity index (χ1n) is 3.99. The quantitative estimate of drug-likeness (QED) is 0.638. The van der Waals surface area contributed by atoms with Gasteiger partial charge in [-0.3, -0.25) is 9.47 Å². The highest BCUT2D eigenvalue weighted by atomic mass is 19.4. The smallest absolute Gasteiger partial charge is 0.291 e. The standard InChI is InChI=1S/C6HF11O2/c7-1-2(8,4(10,11)12)19-6(16,17)3(9,18-1)5(13,14)15/h1H. The van der Waals surface area contributed by atoms with Crippen molar-refractivity contribution in [1.82, 2.24) is 0 Å². The third-order valence-electron chi connectivity index (χ3n) is 1.96. The molecule has 19 heavy (non-hydrogen) atoms. The lowest BCUT2D eigenvalue weighted by molar-refractivity contribution is -0.575. The zero-order valence-electron chi connectivity index (χ0n) is 8.05. The van der Waals surface area contributed by atoms with Gasteiger partial charge in [-0.25, -0.2) is 4.39 Å². The fourth-order valence-corrected chi connectivity index (χ4v) is 1.00. The van der Waals surface area contributed by atoms with Gasteiger partial charge in [-0.15, -0.1) is 0 Å². The molecule has 13 heteroatoms. The summed E-state index contributed by atoms with van der Waals surface area (Å²) in [4.78, 5) is 0. The van der Waals surface area contributed by atoms with E-state index in [-0.39, 0.29) is 0 Å². The average molecular weight is 314 g/mol. The second-order valence-electron chi connectivity index (χ2n) is 3.29. The van der Waals surface area contributed by atoms with Crippen LogP contribution in [-0.2, 0) is 9.47 Å². The molecule has 1 heterocycles. The molecule has 0 aromatic heterocycles. The van der Waals surface area contributed by atoms with Gasteiger partial charge in [0.05, 0.1) is 0 Å². The van der Waals surface area contributed by atoms with E-state index in [0.717, 1.165) is 0 Å². The number of alkyl halides is 11. The molecule has 0 aliphatic carbocycles. The summed E-state index contributed by atoms with van der Waals surface area (Å²) in [5.74, 6) is -12.2. The Morgan fingerprint density at radius 3 is 1.53 bits per heavy atom. The van der Waals surface area contributed by atoms with Gasteiger partial charge in [-0.05, 0) is 0 Å². The Hall–Kier alpha value is -0.850. The Bertz CT molecular complexity index is 361. The second-order valence-corrected chi connectivity index (χ2v) is 3.29. The summed E-state index contributed by atoms with van der Waals surface area (Å²) in [5.41, 5.74) is 0. The van der Waals surface area contributed by atoms with Gasteiger partial charge < -0.3 is 0 Å². The molecule has 3 unspecified atom stereocenters. The Morgan fingerprint density at radius 2 is 1.21 bits per heavy atom. The summed E-state index contributed by atoms with van der Waals surface area (Å²) in [6.45, 7) is 0. The maximum atomic E-state index is 12.8. The van der Waals surface area contributed by atoms with Crippen molar-refractivity contribution in [2.45, 2.75) is 36.5 Å². The molecule has 1 aliphatic heterocycles. The molecule has 0 aromatic carbocycles. The van der Waals surface area contributed by atoms with Gasteiger partial charge in [0.2, 0.25) is 0 Å². The predicted octanol–water partition coefficient (Wildman–Crippen LogP) is 3.38. The predicted molar refractivity (Wildman–Crippen MR) is 31.8 cm³/mol. The largest absolute Gasteiger partial charge is 0.458 e. The fourth-order valence-electron chi connectivity index (χ4n) is 1.00. The summed E-state index contributed by atoms with van der Waals surface area (Å²) >= 11 is 0. The van der Waals surface area contributed by atoms with E-state index < -0.39 is 36.5 Å². The molecule has 0 amide bonds. The molecular weight excluding hydrogens is 313 g/mol. The van der Waals surface area contributed by atoms with E-state index in [1.54, 1.807) is 0 Å². The molecule has 3 atom stereocenters. The molecule has 1 rings (SSSR count). The Morgan fingerprint density at radius 1 is 0.789 bits per heavy atom. The molecular formula is C6HF11O2. The van der Waals surface area contributed by atoms with Crippen LogP contribution in [-0.4, -0.2) is 36.5 Å². The molecule has 0 radical (unpaired) electrons. The van der Waals surface area contributed by atoms with Crippen molar-refractivity contribution in [3.8, 4) is 0 Å². The highest BCUT2D eigenvalue weighted by Gasteiger charge is 2.85. The SMILES string of the molecule is FC1OC(F)(C(F)(F)F)C(F)(F)OC1(F)C(F)(F)F.